The van der Waals surface area contributed by atoms with Crippen LogP contribution in [0.3, 0.4) is 0 Å². The summed E-state index contributed by atoms with van der Waals surface area (Å²) in [7, 11) is 0. The average molecular weight is 285 g/mol. The van der Waals surface area contributed by atoms with E-state index in [9.17, 15) is 0 Å². The Morgan fingerprint density at radius 1 is 1.25 bits per heavy atom. The van der Waals surface area contributed by atoms with Crippen LogP contribution in [-0.4, -0.2) is 41.0 Å². The van der Waals surface area contributed by atoms with Gasteiger partial charge in [0.15, 0.2) is 0 Å². The van der Waals surface area contributed by atoms with Gasteiger partial charge in [-0.25, -0.2) is 9.97 Å². The summed E-state index contributed by atoms with van der Waals surface area (Å²) in [5.41, 5.74) is 0. The van der Waals surface area contributed by atoms with Crippen molar-refractivity contribution in [1.82, 2.24) is 14.9 Å². The van der Waals surface area contributed by atoms with Crippen molar-refractivity contribution in [2.24, 2.45) is 0 Å². The van der Waals surface area contributed by atoms with Gasteiger partial charge in [0.1, 0.15) is 0 Å². The van der Waals surface area contributed by atoms with Gasteiger partial charge in [-0.2, -0.15) is 0 Å². The number of nitrogens with zero attached hydrogens (tertiary/aromatic N) is 3. The number of hydrogen-bond acceptors (Lipinski definition) is 4. The zero-order chi connectivity index (χ0) is 11.2. The molecule has 16 heavy (non-hydrogen) atoms. The predicted molar refractivity (Wildman–Crippen MR) is 68.5 cm³/mol. The van der Waals surface area contributed by atoms with Gasteiger partial charge in [0, 0.05) is 18.9 Å². The number of halogens is 1. The van der Waals surface area contributed by atoms with Crippen LogP contribution < -0.4 is 5.32 Å². The van der Waals surface area contributed by atoms with Crippen molar-refractivity contribution < 1.29 is 0 Å². The van der Waals surface area contributed by atoms with E-state index in [0.29, 0.717) is 5.95 Å². The highest BCUT2D eigenvalue weighted by molar-refractivity contribution is 9.10. The first-order valence-electron chi connectivity index (χ1n) is 5.78. The van der Waals surface area contributed by atoms with E-state index in [-0.39, 0.29) is 0 Å². The molecule has 0 spiro atoms. The fourth-order valence-electron chi connectivity index (χ4n) is 1.91. The summed E-state index contributed by atoms with van der Waals surface area (Å²) in [6.07, 6.45) is 7.40. The quantitative estimate of drug-likeness (QED) is 0.842. The molecule has 1 aromatic rings. The average Bonchev–Trinajstić information content (AvgIpc) is 2.80. The Morgan fingerprint density at radius 3 is 2.62 bits per heavy atom. The van der Waals surface area contributed by atoms with Crippen molar-refractivity contribution in [3.8, 4) is 0 Å². The second-order valence-electron chi connectivity index (χ2n) is 4.05. The molecule has 0 atom stereocenters. The minimum Gasteiger partial charge on any atom is -0.354 e. The van der Waals surface area contributed by atoms with Crippen molar-refractivity contribution in [2.75, 3.05) is 31.5 Å². The normalized spacial score (nSPS) is 16.6. The molecule has 1 fully saturated rings. The van der Waals surface area contributed by atoms with Gasteiger partial charge in [-0.3, -0.25) is 0 Å². The SMILES string of the molecule is Brc1cnc(NCCCN2CCCC2)nc1. The first-order valence-corrected chi connectivity index (χ1v) is 6.58. The van der Waals surface area contributed by atoms with Crippen LogP contribution in [0.1, 0.15) is 19.3 Å². The van der Waals surface area contributed by atoms with Gasteiger partial charge in [0.2, 0.25) is 5.95 Å². The lowest BCUT2D eigenvalue weighted by molar-refractivity contribution is 0.337. The predicted octanol–water partition coefficient (Wildman–Crippen LogP) is 2.14. The minimum absolute atomic E-state index is 0.713. The molecule has 2 rings (SSSR count). The molecule has 0 aliphatic carbocycles. The first kappa shape index (κ1) is 11.8. The summed E-state index contributed by atoms with van der Waals surface area (Å²) in [4.78, 5) is 10.8. The minimum atomic E-state index is 0.713. The fourth-order valence-corrected chi connectivity index (χ4v) is 2.12. The number of rotatable bonds is 5. The molecule has 1 aliphatic heterocycles. The van der Waals surface area contributed by atoms with Gasteiger partial charge in [-0.05, 0) is 54.8 Å². The fraction of sp³-hybridized carbons (Fsp3) is 0.636. The van der Waals surface area contributed by atoms with Crippen molar-refractivity contribution in [2.45, 2.75) is 19.3 Å². The van der Waals surface area contributed by atoms with Crippen molar-refractivity contribution >= 4 is 21.9 Å². The third kappa shape index (κ3) is 3.72. The third-order valence-corrected chi connectivity index (χ3v) is 3.16. The smallest absolute Gasteiger partial charge is 0.222 e. The highest BCUT2D eigenvalue weighted by atomic mass is 79.9. The van der Waals surface area contributed by atoms with E-state index in [1.165, 1.54) is 32.5 Å². The van der Waals surface area contributed by atoms with E-state index in [1.807, 2.05) is 0 Å². The van der Waals surface area contributed by atoms with E-state index in [1.54, 1.807) is 12.4 Å². The van der Waals surface area contributed by atoms with Gasteiger partial charge < -0.3 is 10.2 Å². The lowest BCUT2D eigenvalue weighted by Gasteiger charge is -2.14. The Hall–Kier alpha value is -0.680. The summed E-state index contributed by atoms with van der Waals surface area (Å²) in [5.74, 6) is 0.713. The summed E-state index contributed by atoms with van der Waals surface area (Å²) in [5, 5.41) is 3.23. The Labute approximate surface area is 105 Å². The monoisotopic (exact) mass is 284 g/mol. The maximum atomic E-state index is 4.16. The number of nitrogens with one attached hydrogen (secondary N) is 1. The molecule has 1 N–H and O–H groups in total. The molecule has 5 heteroatoms. The Morgan fingerprint density at radius 2 is 1.94 bits per heavy atom. The van der Waals surface area contributed by atoms with E-state index in [2.05, 4.69) is 36.1 Å². The van der Waals surface area contributed by atoms with E-state index < -0.39 is 0 Å². The largest absolute Gasteiger partial charge is 0.354 e. The molecule has 88 valence electrons. The molecular formula is C11H17BrN4. The van der Waals surface area contributed by atoms with E-state index in [4.69, 9.17) is 0 Å². The topological polar surface area (TPSA) is 41.1 Å². The molecule has 0 saturated carbocycles. The van der Waals surface area contributed by atoms with Gasteiger partial charge in [0.25, 0.3) is 0 Å². The molecule has 0 amide bonds. The number of aromatic nitrogens is 2. The summed E-state index contributed by atoms with van der Waals surface area (Å²) in [6, 6.07) is 0. The second-order valence-corrected chi connectivity index (χ2v) is 4.97. The van der Waals surface area contributed by atoms with Crippen LogP contribution in [-0.2, 0) is 0 Å². The third-order valence-electron chi connectivity index (χ3n) is 2.75. The lowest BCUT2D eigenvalue weighted by atomic mass is 10.4. The van der Waals surface area contributed by atoms with Crippen LogP contribution in [0.15, 0.2) is 16.9 Å². The zero-order valence-electron chi connectivity index (χ0n) is 9.32. The lowest BCUT2D eigenvalue weighted by Crippen LogP contribution is -2.22. The summed E-state index contributed by atoms with van der Waals surface area (Å²) < 4.78 is 0.912. The second kappa shape index (κ2) is 6.15. The maximum Gasteiger partial charge on any atom is 0.222 e. The van der Waals surface area contributed by atoms with Crippen molar-refractivity contribution in [1.29, 1.82) is 0 Å². The Balaban J connectivity index is 1.62. The molecule has 0 bridgehead atoms. The molecule has 1 aromatic heterocycles. The van der Waals surface area contributed by atoms with Crippen LogP contribution in [0.4, 0.5) is 5.95 Å². The van der Waals surface area contributed by atoms with Gasteiger partial charge in [0.05, 0.1) is 4.47 Å². The Kier molecular flexibility index (Phi) is 4.54. The molecule has 2 heterocycles. The van der Waals surface area contributed by atoms with Crippen LogP contribution in [0.5, 0.6) is 0 Å². The van der Waals surface area contributed by atoms with Gasteiger partial charge in [-0.15, -0.1) is 0 Å². The molecular weight excluding hydrogens is 268 g/mol. The van der Waals surface area contributed by atoms with Crippen molar-refractivity contribution in [3.63, 3.8) is 0 Å². The highest BCUT2D eigenvalue weighted by Gasteiger charge is 2.09. The number of anilines is 1. The van der Waals surface area contributed by atoms with Crippen LogP contribution in [0.2, 0.25) is 0 Å². The van der Waals surface area contributed by atoms with Gasteiger partial charge >= 0.3 is 0 Å². The number of hydrogen-bond donors (Lipinski definition) is 1. The zero-order valence-corrected chi connectivity index (χ0v) is 10.9. The molecule has 0 unspecified atom stereocenters. The Bertz CT molecular complexity index is 308. The molecule has 0 radical (unpaired) electrons. The maximum absolute atomic E-state index is 4.16. The first-order chi connectivity index (χ1) is 7.84. The molecule has 1 saturated heterocycles. The molecule has 1 aliphatic rings. The summed E-state index contributed by atoms with van der Waals surface area (Å²) in [6.45, 7) is 4.67. The summed E-state index contributed by atoms with van der Waals surface area (Å²) >= 11 is 3.31. The molecule has 0 aromatic carbocycles. The highest BCUT2D eigenvalue weighted by Crippen LogP contribution is 2.08. The van der Waals surface area contributed by atoms with Crippen LogP contribution >= 0.6 is 15.9 Å². The van der Waals surface area contributed by atoms with E-state index >= 15 is 0 Å². The van der Waals surface area contributed by atoms with Crippen molar-refractivity contribution in [3.05, 3.63) is 16.9 Å². The van der Waals surface area contributed by atoms with E-state index in [0.717, 1.165) is 17.4 Å². The van der Waals surface area contributed by atoms with Crippen LogP contribution in [0.25, 0.3) is 0 Å². The van der Waals surface area contributed by atoms with Crippen LogP contribution in [0, 0.1) is 0 Å². The number of likely N-dealkylation sites (tertiary alicyclic amines) is 1. The van der Waals surface area contributed by atoms with Gasteiger partial charge in [-0.1, -0.05) is 0 Å². The standard InChI is InChI=1S/C11H17BrN4/c12-10-8-14-11(15-9-10)13-4-3-7-16-5-1-2-6-16/h8-9H,1-7H2,(H,13,14,15). The molecule has 4 nitrogen and oxygen atoms in total.